The molecular weight excluding hydrogens is 120 g/mol. The summed E-state index contributed by atoms with van der Waals surface area (Å²) in [6.45, 7) is 2.35. The molecular formula is C10H12. The van der Waals surface area contributed by atoms with Crippen LogP contribution in [0.1, 0.15) is 26.2 Å². The van der Waals surface area contributed by atoms with Crippen molar-refractivity contribution < 1.29 is 0 Å². The van der Waals surface area contributed by atoms with Gasteiger partial charge in [0.2, 0.25) is 0 Å². The topological polar surface area (TPSA) is 0 Å². The van der Waals surface area contributed by atoms with Crippen LogP contribution in [-0.2, 0) is 0 Å². The monoisotopic (exact) mass is 132 g/mol. The van der Waals surface area contributed by atoms with Crippen molar-refractivity contribution in [2.24, 2.45) is 11.3 Å². The molecule has 0 aromatic rings. The van der Waals surface area contributed by atoms with Crippen molar-refractivity contribution in [2.75, 3.05) is 0 Å². The van der Waals surface area contributed by atoms with E-state index in [1.165, 1.54) is 18.4 Å². The Balaban J connectivity index is 2.18. The van der Waals surface area contributed by atoms with Crippen LogP contribution in [0.15, 0.2) is 11.6 Å². The highest BCUT2D eigenvalue weighted by Gasteiger charge is 2.50. The Morgan fingerprint density at radius 3 is 3.20 bits per heavy atom. The lowest BCUT2D eigenvalue weighted by Crippen LogP contribution is -2.03. The Morgan fingerprint density at radius 1 is 1.80 bits per heavy atom. The predicted molar refractivity (Wildman–Crippen MR) is 42.4 cm³/mol. The molecule has 2 unspecified atom stereocenters. The highest BCUT2D eigenvalue weighted by atomic mass is 14.5. The summed E-state index contributed by atoms with van der Waals surface area (Å²) in [5.74, 6) is 3.71. The fourth-order valence-corrected chi connectivity index (χ4v) is 1.99. The number of allylic oxidation sites excluding steroid dienone is 2. The van der Waals surface area contributed by atoms with Gasteiger partial charge >= 0.3 is 0 Å². The molecule has 0 aromatic heterocycles. The van der Waals surface area contributed by atoms with Crippen molar-refractivity contribution in [1.29, 1.82) is 0 Å². The van der Waals surface area contributed by atoms with Gasteiger partial charge in [0.15, 0.2) is 0 Å². The van der Waals surface area contributed by atoms with Gasteiger partial charge in [-0.25, -0.2) is 0 Å². The molecule has 0 aliphatic heterocycles. The maximum Gasteiger partial charge on any atom is -0.00166 e. The second-order valence-electron chi connectivity index (χ2n) is 3.84. The molecule has 0 bridgehead atoms. The van der Waals surface area contributed by atoms with Gasteiger partial charge in [-0.1, -0.05) is 18.9 Å². The summed E-state index contributed by atoms with van der Waals surface area (Å²) in [5.41, 5.74) is 1.84. The van der Waals surface area contributed by atoms with Crippen molar-refractivity contribution in [1.82, 2.24) is 0 Å². The van der Waals surface area contributed by atoms with E-state index in [1.54, 1.807) is 0 Å². The second kappa shape index (κ2) is 1.66. The first-order valence-electron chi connectivity index (χ1n) is 3.90. The van der Waals surface area contributed by atoms with Gasteiger partial charge in [-0.05, 0) is 36.2 Å². The van der Waals surface area contributed by atoms with E-state index in [1.807, 2.05) is 0 Å². The van der Waals surface area contributed by atoms with Crippen LogP contribution in [0.4, 0.5) is 0 Å². The third-order valence-electron chi connectivity index (χ3n) is 2.97. The lowest BCUT2D eigenvalue weighted by atomic mass is 9.90. The van der Waals surface area contributed by atoms with Gasteiger partial charge in [-0.2, -0.15) is 0 Å². The first-order chi connectivity index (χ1) is 4.74. The zero-order chi connectivity index (χ0) is 7.19. The van der Waals surface area contributed by atoms with Crippen molar-refractivity contribution >= 4 is 0 Å². The fraction of sp³-hybridized carbons (Fsp3) is 0.600. The van der Waals surface area contributed by atoms with E-state index < -0.39 is 0 Å². The minimum absolute atomic E-state index is 0.608. The second-order valence-corrected chi connectivity index (χ2v) is 3.84. The van der Waals surface area contributed by atoms with E-state index in [2.05, 4.69) is 18.9 Å². The molecule has 2 aliphatic rings. The number of rotatable bonds is 0. The maximum atomic E-state index is 5.32. The van der Waals surface area contributed by atoms with Crippen LogP contribution in [-0.4, -0.2) is 0 Å². The molecule has 2 rings (SSSR count). The van der Waals surface area contributed by atoms with Crippen LogP contribution < -0.4 is 0 Å². The van der Waals surface area contributed by atoms with E-state index in [-0.39, 0.29) is 0 Å². The Morgan fingerprint density at radius 2 is 2.60 bits per heavy atom. The number of hydrogen-bond acceptors (Lipinski definition) is 0. The third-order valence-corrected chi connectivity index (χ3v) is 2.97. The van der Waals surface area contributed by atoms with Gasteiger partial charge in [0, 0.05) is 0 Å². The van der Waals surface area contributed by atoms with Crippen molar-refractivity contribution in [2.45, 2.75) is 26.2 Å². The van der Waals surface area contributed by atoms with Crippen molar-refractivity contribution in [3.63, 3.8) is 0 Å². The normalized spacial score (nSPS) is 43.2. The third kappa shape index (κ3) is 0.703. The lowest BCUT2D eigenvalue weighted by Gasteiger charge is -2.14. The van der Waals surface area contributed by atoms with Gasteiger partial charge in [-0.15, -0.1) is 6.42 Å². The summed E-state index contributed by atoms with van der Waals surface area (Å²) in [6, 6.07) is 0. The quantitative estimate of drug-likeness (QED) is 0.444. The van der Waals surface area contributed by atoms with Gasteiger partial charge in [-0.3, -0.25) is 0 Å². The summed E-state index contributed by atoms with van der Waals surface area (Å²) in [7, 11) is 0. The Kier molecular flexibility index (Phi) is 1.01. The minimum Gasteiger partial charge on any atom is -0.115 e. The zero-order valence-corrected chi connectivity index (χ0v) is 6.35. The molecule has 0 heteroatoms. The van der Waals surface area contributed by atoms with E-state index in [9.17, 15) is 0 Å². The number of hydrogen-bond donors (Lipinski definition) is 0. The first-order valence-corrected chi connectivity index (χ1v) is 3.90. The van der Waals surface area contributed by atoms with E-state index in [4.69, 9.17) is 6.42 Å². The van der Waals surface area contributed by atoms with Crippen LogP contribution in [0.3, 0.4) is 0 Å². The van der Waals surface area contributed by atoms with E-state index in [0.717, 1.165) is 12.3 Å². The molecule has 1 saturated carbocycles. The average molecular weight is 132 g/mol. The molecule has 0 aromatic carbocycles. The SMILES string of the molecule is C#CC1=CCC2CC2(C)C1. The van der Waals surface area contributed by atoms with Crippen LogP contribution in [0.25, 0.3) is 0 Å². The van der Waals surface area contributed by atoms with E-state index in [0.29, 0.717) is 5.41 Å². The van der Waals surface area contributed by atoms with Gasteiger partial charge in [0.05, 0.1) is 0 Å². The largest absolute Gasteiger partial charge is 0.115 e. The van der Waals surface area contributed by atoms with Gasteiger partial charge < -0.3 is 0 Å². The fourth-order valence-electron chi connectivity index (χ4n) is 1.99. The predicted octanol–water partition coefficient (Wildman–Crippen LogP) is 2.37. The molecule has 1 fully saturated rings. The lowest BCUT2D eigenvalue weighted by molar-refractivity contribution is 0.486. The van der Waals surface area contributed by atoms with Gasteiger partial charge in [0.1, 0.15) is 0 Å². The zero-order valence-electron chi connectivity index (χ0n) is 6.35. The standard InChI is InChI=1S/C10H12/c1-3-8-4-5-9-7-10(9,2)6-8/h1,4,9H,5-7H2,2H3. The highest BCUT2D eigenvalue weighted by molar-refractivity contribution is 5.32. The van der Waals surface area contributed by atoms with E-state index >= 15 is 0 Å². The molecule has 0 amide bonds. The average Bonchev–Trinajstić information content (AvgIpc) is 2.58. The van der Waals surface area contributed by atoms with Crippen molar-refractivity contribution in [3.8, 4) is 12.3 Å². The molecule has 0 N–H and O–H groups in total. The van der Waals surface area contributed by atoms with Gasteiger partial charge in [0.25, 0.3) is 0 Å². The molecule has 0 radical (unpaired) electrons. The number of fused-ring (bicyclic) bond motifs is 1. The summed E-state index contributed by atoms with van der Waals surface area (Å²) in [5, 5.41) is 0. The molecule has 10 heavy (non-hydrogen) atoms. The smallest absolute Gasteiger partial charge is 0.00166 e. The van der Waals surface area contributed by atoms with Crippen LogP contribution in [0.5, 0.6) is 0 Å². The molecule has 2 aliphatic carbocycles. The Bertz CT molecular complexity index is 229. The minimum atomic E-state index is 0.608. The Labute approximate surface area is 62.3 Å². The molecule has 0 nitrogen and oxygen atoms in total. The summed E-state index contributed by atoms with van der Waals surface area (Å²) >= 11 is 0. The van der Waals surface area contributed by atoms with Crippen LogP contribution in [0, 0.1) is 23.7 Å². The molecule has 0 heterocycles. The van der Waals surface area contributed by atoms with Crippen molar-refractivity contribution in [3.05, 3.63) is 11.6 Å². The summed E-state index contributed by atoms with van der Waals surface area (Å²) in [4.78, 5) is 0. The molecule has 2 atom stereocenters. The number of terminal acetylenes is 1. The van der Waals surface area contributed by atoms with Crippen LogP contribution in [0.2, 0.25) is 0 Å². The highest BCUT2D eigenvalue weighted by Crippen LogP contribution is 2.60. The summed E-state index contributed by atoms with van der Waals surface area (Å²) < 4.78 is 0. The molecule has 0 spiro atoms. The summed E-state index contributed by atoms with van der Waals surface area (Å²) in [6.07, 6.45) is 11.4. The van der Waals surface area contributed by atoms with Crippen LogP contribution >= 0.6 is 0 Å². The molecule has 0 saturated heterocycles. The maximum absolute atomic E-state index is 5.32. The first kappa shape index (κ1) is 6.04. The Hall–Kier alpha value is -0.700. The molecule has 52 valence electrons.